The van der Waals surface area contributed by atoms with Gasteiger partial charge in [-0.2, -0.15) is 0 Å². The van der Waals surface area contributed by atoms with E-state index < -0.39 is 0 Å². The molecule has 1 aromatic heterocycles. The average Bonchev–Trinajstić information content (AvgIpc) is 2.63. The Morgan fingerprint density at radius 2 is 1.92 bits per heavy atom. The average molecular weight is 335 g/mol. The molecular formula is C20H21N3O2. The first kappa shape index (κ1) is 16.8. The van der Waals surface area contributed by atoms with Crippen molar-refractivity contribution in [3.63, 3.8) is 0 Å². The molecule has 0 aliphatic carbocycles. The molecular weight excluding hydrogens is 314 g/mol. The van der Waals surface area contributed by atoms with Crippen LogP contribution in [0.2, 0.25) is 0 Å². The first-order chi connectivity index (χ1) is 12.1. The summed E-state index contributed by atoms with van der Waals surface area (Å²) in [4.78, 5) is 16.9. The van der Waals surface area contributed by atoms with E-state index in [-0.39, 0.29) is 5.56 Å². The minimum atomic E-state index is -0.180. The largest absolute Gasteiger partial charge is 0.496 e. The molecule has 0 aliphatic heterocycles. The third-order valence-corrected chi connectivity index (χ3v) is 4.25. The number of aryl methyl sites for hydroxylation is 2. The van der Waals surface area contributed by atoms with Gasteiger partial charge < -0.3 is 10.1 Å². The Bertz CT molecular complexity index is 948. The number of hydrogen-bond acceptors (Lipinski definition) is 4. The highest BCUT2D eigenvalue weighted by molar-refractivity contribution is 5.43. The molecule has 0 spiro atoms. The molecule has 128 valence electrons. The van der Waals surface area contributed by atoms with Crippen LogP contribution < -0.4 is 15.6 Å². The van der Waals surface area contributed by atoms with Crippen LogP contribution in [-0.2, 0) is 6.54 Å². The molecule has 0 amide bonds. The maximum Gasteiger partial charge on any atom is 0.297 e. The summed E-state index contributed by atoms with van der Waals surface area (Å²) in [5.41, 5.74) is 3.95. The Labute approximate surface area is 146 Å². The third kappa shape index (κ3) is 3.55. The van der Waals surface area contributed by atoms with Gasteiger partial charge in [0.15, 0.2) is 5.82 Å². The summed E-state index contributed by atoms with van der Waals surface area (Å²) < 4.78 is 6.94. The van der Waals surface area contributed by atoms with Gasteiger partial charge in [0.2, 0.25) is 0 Å². The van der Waals surface area contributed by atoms with Crippen LogP contribution in [0, 0.1) is 13.8 Å². The van der Waals surface area contributed by atoms with Gasteiger partial charge in [-0.05, 0) is 43.2 Å². The van der Waals surface area contributed by atoms with Crippen molar-refractivity contribution in [1.29, 1.82) is 0 Å². The normalized spacial score (nSPS) is 10.5. The minimum absolute atomic E-state index is 0.180. The Morgan fingerprint density at radius 1 is 1.12 bits per heavy atom. The van der Waals surface area contributed by atoms with Crippen molar-refractivity contribution in [2.75, 3.05) is 12.4 Å². The molecule has 5 nitrogen and oxygen atoms in total. The molecule has 0 saturated heterocycles. The molecule has 1 heterocycles. The predicted octanol–water partition coefficient (Wildman–Crippen LogP) is 3.47. The highest BCUT2D eigenvalue weighted by Gasteiger charge is 2.08. The molecule has 0 atom stereocenters. The lowest BCUT2D eigenvalue weighted by atomic mass is 10.1. The minimum Gasteiger partial charge on any atom is -0.496 e. The number of para-hydroxylation sites is 1. The van der Waals surface area contributed by atoms with Crippen LogP contribution in [0.1, 0.15) is 16.7 Å². The summed E-state index contributed by atoms with van der Waals surface area (Å²) in [6.07, 6.45) is 3.31. The van der Waals surface area contributed by atoms with E-state index in [1.54, 1.807) is 24.1 Å². The number of rotatable bonds is 5. The Balaban J connectivity index is 1.89. The molecule has 3 rings (SSSR count). The number of ether oxygens (including phenoxy) is 1. The summed E-state index contributed by atoms with van der Waals surface area (Å²) in [6, 6.07) is 13.6. The summed E-state index contributed by atoms with van der Waals surface area (Å²) in [6.45, 7) is 4.55. The van der Waals surface area contributed by atoms with Crippen molar-refractivity contribution in [3.05, 3.63) is 81.9 Å². The number of anilines is 1. The van der Waals surface area contributed by atoms with Gasteiger partial charge in [-0.3, -0.25) is 9.36 Å². The van der Waals surface area contributed by atoms with Crippen LogP contribution in [0.5, 0.6) is 5.75 Å². The number of nitrogens with zero attached hydrogens (tertiary/aromatic N) is 2. The van der Waals surface area contributed by atoms with Crippen LogP contribution in [0.3, 0.4) is 0 Å². The molecule has 0 bridgehead atoms. The fraction of sp³-hybridized carbons (Fsp3) is 0.200. The second-order valence-electron chi connectivity index (χ2n) is 5.88. The Kier molecular flexibility index (Phi) is 4.84. The molecule has 1 N–H and O–H groups in total. The van der Waals surface area contributed by atoms with Gasteiger partial charge in [-0.25, -0.2) is 4.98 Å². The molecule has 0 aliphatic rings. The van der Waals surface area contributed by atoms with E-state index in [9.17, 15) is 4.79 Å². The van der Waals surface area contributed by atoms with Crippen LogP contribution in [-0.4, -0.2) is 16.7 Å². The van der Waals surface area contributed by atoms with Crippen molar-refractivity contribution >= 4 is 5.82 Å². The lowest BCUT2D eigenvalue weighted by molar-refractivity contribution is 0.410. The quantitative estimate of drug-likeness (QED) is 0.776. The van der Waals surface area contributed by atoms with Gasteiger partial charge in [0.25, 0.3) is 5.56 Å². The van der Waals surface area contributed by atoms with Crippen LogP contribution in [0.25, 0.3) is 5.69 Å². The standard InChI is InChI=1S/C20H21N3O2/c1-14-8-9-17(12-15(14)2)23-11-10-21-19(20(23)24)22-13-16-6-4-5-7-18(16)25-3/h4-12H,13H2,1-3H3,(H,21,22). The number of aromatic nitrogens is 2. The van der Waals surface area contributed by atoms with Gasteiger partial charge in [-0.1, -0.05) is 24.3 Å². The second kappa shape index (κ2) is 7.21. The summed E-state index contributed by atoms with van der Waals surface area (Å²) in [7, 11) is 1.63. The number of methoxy groups -OCH3 is 1. The van der Waals surface area contributed by atoms with Crippen molar-refractivity contribution < 1.29 is 4.74 Å². The van der Waals surface area contributed by atoms with E-state index in [4.69, 9.17) is 4.74 Å². The van der Waals surface area contributed by atoms with Gasteiger partial charge in [-0.15, -0.1) is 0 Å². The molecule has 0 saturated carbocycles. The Hall–Kier alpha value is -3.08. The highest BCUT2D eigenvalue weighted by Crippen LogP contribution is 2.18. The highest BCUT2D eigenvalue weighted by atomic mass is 16.5. The zero-order valence-corrected chi connectivity index (χ0v) is 14.6. The van der Waals surface area contributed by atoms with E-state index in [0.29, 0.717) is 12.4 Å². The molecule has 3 aromatic rings. The van der Waals surface area contributed by atoms with E-state index in [1.165, 1.54) is 5.56 Å². The maximum absolute atomic E-state index is 12.7. The number of hydrogen-bond donors (Lipinski definition) is 1. The van der Waals surface area contributed by atoms with E-state index >= 15 is 0 Å². The topological polar surface area (TPSA) is 56.1 Å². The SMILES string of the molecule is COc1ccccc1CNc1nccn(-c2ccc(C)c(C)c2)c1=O. The molecule has 5 heteroatoms. The van der Waals surface area contributed by atoms with Crippen LogP contribution in [0.4, 0.5) is 5.82 Å². The molecule has 0 fully saturated rings. The van der Waals surface area contributed by atoms with Crippen LogP contribution in [0.15, 0.2) is 59.7 Å². The van der Waals surface area contributed by atoms with Gasteiger partial charge in [0.1, 0.15) is 5.75 Å². The molecule has 0 unspecified atom stereocenters. The zero-order valence-electron chi connectivity index (χ0n) is 14.6. The third-order valence-electron chi connectivity index (χ3n) is 4.25. The fourth-order valence-corrected chi connectivity index (χ4v) is 2.64. The molecule has 25 heavy (non-hydrogen) atoms. The molecule has 0 radical (unpaired) electrons. The van der Waals surface area contributed by atoms with E-state index in [2.05, 4.69) is 17.2 Å². The van der Waals surface area contributed by atoms with Gasteiger partial charge in [0.05, 0.1) is 7.11 Å². The first-order valence-electron chi connectivity index (χ1n) is 8.11. The predicted molar refractivity (Wildman–Crippen MR) is 99.6 cm³/mol. The van der Waals surface area contributed by atoms with Crippen LogP contribution >= 0.6 is 0 Å². The molecule has 2 aromatic carbocycles. The number of nitrogens with one attached hydrogen (secondary N) is 1. The lowest BCUT2D eigenvalue weighted by Crippen LogP contribution is -2.23. The second-order valence-corrected chi connectivity index (χ2v) is 5.88. The summed E-state index contributed by atoms with van der Waals surface area (Å²) in [5.74, 6) is 1.09. The van der Waals surface area contributed by atoms with E-state index in [0.717, 1.165) is 22.6 Å². The number of benzene rings is 2. The first-order valence-corrected chi connectivity index (χ1v) is 8.11. The maximum atomic E-state index is 12.7. The van der Waals surface area contributed by atoms with Gasteiger partial charge in [0, 0.05) is 30.2 Å². The van der Waals surface area contributed by atoms with E-state index in [1.807, 2.05) is 49.4 Å². The lowest BCUT2D eigenvalue weighted by Gasteiger charge is -2.12. The fourth-order valence-electron chi connectivity index (χ4n) is 2.64. The van der Waals surface area contributed by atoms with Crippen molar-refractivity contribution in [3.8, 4) is 11.4 Å². The monoisotopic (exact) mass is 335 g/mol. The zero-order chi connectivity index (χ0) is 17.8. The van der Waals surface area contributed by atoms with Gasteiger partial charge >= 0.3 is 0 Å². The van der Waals surface area contributed by atoms with Crippen molar-refractivity contribution in [2.45, 2.75) is 20.4 Å². The smallest absolute Gasteiger partial charge is 0.297 e. The van der Waals surface area contributed by atoms with Crippen molar-refractivity contribution in [1.82, 2.24) is 9.55 Å². The summed E-state index contributed by atoms with van der Waals surface area (Å²) >= 11 is 0. The summed E-state index contributed by atoms with van der Waals surface area (Å²) in [5, 5.41) is 3.12. The van der Waals surface area contributed by atoms with Crippen molar-refractivity contribution in [2.24, 2.45) is 0 Å². The Morgan fingerprint density at radius 3 is 2.68 bits per heavy atom.